The Bertz CT molecular complexity index is 684. The minimum atomic E-state index is 0.482. The van der Waals surface area contributed by atoms with E-state index >= 15 is 0 Å². The molecule has 0 spiro atoms. The zero-order valence-corrected chi connectivity index (χ0v) is 17.6. The first kappa shape index (κ1) is 21.9. The van der Waals surface area contributed by atoms with Gasteiger partial charge >= 0.3 is 0 Å². The largest absolute Gasteiger partial charge is 0.495 e. The molecule has 0 N–H and O–H groups in total. The van der Waals surface area contributed by atoms with Crippen LogP contribution in [0.3, 0.4) is 0 Å². The number of hydrogen-bond acceptors (Lipinski definition) is 4. The highest BCUT2D eigenvalue weighted by atomic mass is 16.5. The van der Waals surface area contributed by atoms with E-state index in [0.717, 1.165) is 30.0 Å². The van der Waals surface area contributed by atoms with Crippen molar-refractivity contribution in [3.8, 4) is 11.5 Å². The number of hydrogen-bond donors (Lipinski definition) is 0. The fourth-order valence-corrected chi connectivity index (χ4v) is 2.81. The monoisotopic (exact) mass is 358 g/mol. The fraction of sp³-hybridized carbons (Fsp3) is 0.545. The van der Waals surface area contributed by atoms with Gasteiger partial charge in [0.15, 0.2) is 0 Å². The maximum Gasteiger partial charge on any atom is 0.137 e. The predicted molar refractivity (Wildman–Crippen MR) is 108 cm³/mol. The summed E-state index contributed by atoms with van der Waals surface area (Å²) in [4.78, 5) is 8.79. The third kappa shape index (κ3) is 6.01. The number of rotatable bonds is 6. The van der Waals surface area contributed by atoms with Crippen LogP contribution in [-0.2, 0) is 6.42 Å². The summed E-state index contributed by atoms with van der Waals surface area (Å²) in [7, 11) is 3.34. The highest BCUT2D eigenvalue weighted by Gasteiger charge is 2.10. The van der Waals surface area contributed by atoms with Gasteiger partial charge < -0.3 is 9.47 Å². The first-order valence-corrected chi connectivity index (χ1v) is 9.41. The summed E-state index contributed by atoms with van der Waals surface area (Å²) in [5.74, 6) is 2.71. The number of ether oxygens (including phenoxy) is 2. The van der Waals surface area contributed by atoms with Gasteiger partial charge in [0.2, 0.25) is 0 Å². The Morgan fingerprint density at radius 3 is 1.85 bits per heavy atom. The lowest BCUT2D eigenvalue weighted by atomic mass is 9.98. The van der Waals surface area contributed by atoms with Crippen LogP contribution in [0.2, 0.25) is 0 Å². The minimum Gasteiger partial charge on any atom is -0.495 e. The highest BCUT2D eigenvalue weighted by Crippen LogP contribution is 2.24. The smallest absolute Gasteiger partial charge is 0.137 e. The lowest BCUT2D eigenvalue weighted by Gasteiger charge is -2.13. The van der Waals surface area contributed by atoms with Crippen molar-refractivity contribution >= 4 is 0 Å². The molecule has 0 fully saturated rings. The van der Waals surface area contributed by atoms with Gasteiger partial charge in [-0.2, -0.15) is 0 Å². The van der Waals surface area contributed by atoms with Crippen LogP contribution in [0.15, 0.2) is 24.5 Å². The average molecular weight is 359 g/mol. The maximum absolute atomic E-state index is 5.16. The van der Waals surface area contributed by atoms with Gasteiger partial charge in [-0.25, -0.2) is 0 Å². The molecule has 4 heteroatoms. The number of methoxy groups -OCH3 is 2. The van der Waals surface area contributed by atoms with Gasteiger partial charge in [-0.05, 0) is 54.9 Å². The normalized spacial score (nSPS) is 11.6. The zero-order chi connectivity index (χ0) is 19.7. The van der Waals surface area contributed by atoms with Crippen LogP contribution >= 0.6 is 0 Å². The van der Waals surface area contributed by atoms with Crippen molar-refractivity contribution in [3.63, 3.8) is 0 Å². The van der Waals surface area contributed by atoms with E-state index < -0.39 is 0 Å². The third-order valence-corrected chi connectivity index (χ3v) is 4.55. The molecule has 0 aliphatic carbocycles. The summed E-state index contributed by atoms with van der Waals surface area (Å²) in [5.41, 5.74) is 4.87. The first-order valence-electron chi connectivity index (χ1n) is 9.41. The Morgan fingerprint density at radius 2 is 1.42 bits per heavy atom. The van der Waals surface area contributed by atoms with E-state index in [0.29, 0.717) is 11.8 Å². The standard InChI is InChI=1S/C12H19NO.C10H15NO/c1-5-9(3)12-10(6-2)7-11(14-4)8-13-12;1-7(2)10-8(3)5-9(12-4)6-11-10/h7-9H,5-6H2,1-4H3;5-7H,1-4H3. The van der Waals surface area contributed by atoms with Gasteiger partial charge in [0.25, 0.3) is 0 Å². The number of nitrogens with zero attached hydrogens (tertiary/aromatic N) is 2. The molecule has 0 saturated heterocycles. The number of aromatic nitrogens is 2. The molecule has 0 radical (unpaired) electrons. The van der Waals surface area contributed by atoms with Crippen LogP contribution in [0.25, 0.3) is 0 Å². The summed E-state index contributed by atoms with van der Waals surface area (Å²) in [6.45, 7) is 12.9. The van der Waals surface area contributed by atoms with Crippen molar-refractivity contribution in [2.45, 2.75) is 66.2 Å². The summed E-state index contributed by atoms with van der Waals surface area (Å²) in [6.07, 6.45) is 5.72. The summed E-state index contributed by atoms with van der Waals surface area (Å²) in [5, 5.41) is 0. The SMILES string of the molecule is CCc1cc(OC)cnc1C(C)CC.COc1cnc(C(C)C)c(C)c1. The Morgan fingerprint density at radius 1 is 0.885 bits per heavy atom. The molecule has 2 aromatic heterocycles. The van der Waals surface area contributed by atoms with Crippen LogP contribution < -0.4 is 9.47 Å². The molecule has 0 bridgehead atoms. The van der Waals surface area contributed by atoms with Crippen LogP contribution in [0.4, 0.5) is 0 Å². The van der Waals surface area contributed by atoms with Gasteiger partial charge in [0, 0.05) is 11.4 Å². The van der Waals surface area contributed by atoms with Gasteiger partial charge in [-0.1, -0.05) is 34.6 Å². The van der Waals surface area contributed by atoms with Crippen molar-refractivity contribution in [3.05, 3.63) is 47.0 Å². The van der Waals surface area contributed by atoms with Crippen LogP contribution in [-0.4, -0.2) is 24.2 Å². The van der Waals surface area contributed by atoms with Crippen molar-refractivity contribution in [1.82, 2.24) is 9.97 Å². The minimum absolute atomic E-state index is 0.482. The summed E-state index contributed by atoms with van der Waals surface area (Å²) < 4.78 is 10.2. The van der Waals surface area contributed by atoms with Gasteiger partial charge in [-0.15, -0.1) is 0 Å². The zero-order valence-electron chi connectivity index (χ0n) is 17.6. The molecule has 1 atom stereocenters. The molecule has 2 rings (SSSR count). The molecular formula is C22H34N2O2. The van der Waals surface area contributed by atoms with E-state index in [1.54, 1.807) is 26.6 Å². The van der Waals surface area contributed by atoms with E-state index in [9.17, 15) is 0 Å². The lowest BCUT2D eigenvalue weighted by molar-refractivity contribution is 0.411. The number of aryl methyl sites for hydroxylation is 2. The molecule has 0 aliphatic heterocycles. The third-order valence-electron chi connectivity index (χ3n) is 4.55. The first-order chi connectivity index (χ1) is 12.4. The highest BCUT2D eigenvalue weighted by molar-refractivity contribution is 5.31. The molecule has 0 aliphatic rings. The lowest BCUT2D eigenvalue weighted by Crippen LogP contribution is -2.01. The number of pyridine rings is 2. The van der Waals surface area contributed by atoms with Crippen molar-refractivity contribution < 1.29 is 9.47 Å². The second kappa shape index (κ2) is 10.8. The molecule has 2 heterocycles. The molecule has 0 amide bonds. The molecule has 0 saturated carbocycles. The summed E-state index contributed by atoms with van der Waals surface area (Å²) in [6, 6.07) is 4.11. The maximum atomic E-state index is 5.16. The van der Waals surface area contributed by atoms with Crippen molar-refractivity contribution in [1.29, 1.82) is 0 Å². The van der Waals surface area contributed by atoms with Gasteiger partial charge in [0.05, 0.1) is 26.6 Å². The van der Waals surface area contributed by atoms with E-state index in [4.69, 9.17) is 9.47 Å². The van der Waals surface area contributed by atoms with Gasteiger partial charge in [0.1, 0.15) is 11.5 Å². The molecule has 2 aromatic rings. The van der Waals surface area contributed by atoms with Gasteiger partial charge in [-0.3, -0.25) is 9.97 Å². The topological polar surface area (TPSA) is 44.2 Å². The Hall–Kier alpha value is -2.10. The van der Waals surface area contributed by atoms with E-state index in [-0.39, 0.29) is 0 Å². The Labute approximate surface area is 159 Å². The molecule has 0 aromatic carbocycles. The van der Waals surface area contributed by atoms with Crippen molar-refractivity contribution in [2.24, 2.45) is 0 Å². The Kier molecular flexibility index (Phi) is 9.11. The molecular weight excluding hydrogens is 324 g/mol. The molecule has 144 valence electrons. The molecule has 1 unspecified atom stereocenters. The molecule has 26 heavy (non-hydrogen) atoms. The van der Waals surface area contributed by atoms with E-state index in [1.807, 2.05) is 6.07 Å². The van der Waals surface area contributed by atoms with Crippen LogP contribution in [0, 0.1) is 6.92 Å². The fourth-order valence-electron chi connectivity index (χ4n) is 2.81. The predicted octanol–water partition coefficient (Wildman–Crippen LogP) is 5.69. The van der Waals surface area contributed by atoms with E-state index in [1.165, 1.54) is 16.8 Å². The van der Waals surface area contributed by atoms with Crippen LogP contribution in [0.5, 0.6) is 11.5 Å². The van der Waals surface area contributed by atoms with Crippen LogP contribution in [0.1, 0.15) is 75.4 Å². The van der Waals surface area contributed by atoms with E-state index in [2.05, 4.69) is 57.6 Å². The Balaban J connectivity index is 0.000000263. The average Bonchev–Trinajstić information content (AvgIpc) is 2.66. The molecule has 4 nitrogen and oxygen atoms in total. The second-order valence-electron chi connectivity index (χ2n) is 6.81. The second-order valence-corrected chi connectivity index (χ2v) is 6.81. The summed E-state index contributed by atoms with van der Waals surface area (Å²) >= 11 is 0. The quantitative estimate of drug-likeness (QED) is 0.665. The van der Waals surface area contributed by atoms with Crippen molar-refractivity contribution in [2.75, 3.05) is 14.2 Å².